The van der Waals surface area contributed by atoms with Crippen molar-refractivity contribution < 1.29 is 22.8 Å². The Morgan fingerprint density at radius 1 is 1.19 bits per heavy atom. The zero-order valence-corrected chi connectivity index (χ0v) is 16.9. The van der Waals surface area contributed by atoms with Gasteiger partial charge in [-0.2, -0.15) is 13.2 Å². The second-order valence-corrected chi connectivity index (χ2v) is 7.12. The van der Waals surface area contributed by atoms with Gasteiger partial charge < -0.3 is 10.2 Å². The topological polar surface area (TPSA) is 84.3 Å². The summed E-state index contributed by atoms with van der Waals surface area (Å²) in [6, 6.07) is 9.10. The molecule has 7 nitrogen and oxygen atoms in total. The molecule has 0 saturated carbocycles. The molecule has 2 amide bonds. The third-order valence-electron chi connectivity index (χ3n) is 4.40. The Labute approximate surface area is 179 Å². The fourth-order valence-corrected chi connectivity index (χ4v) is 3.01. The van der Waals surface area contributed by atoms with Crippen LogP contribution in [-0.2, 0) is 22.3 Å². The number of nitrogens with one attached hydrogen (secondary N) is 1. The van der Waals surface area contributed by atoms with Gasteiger partial charge in [0.15, 0.2) is 0 Å². The summed E-state index contributed by atoms with van der Waals surface area (Å²) in [5, 5.41) is 2.73. The second kappa shape index (κ2) is 8.76. The number of aromatic nitrogens is 2. The van der Waals surface area contributed by atoms with E-state index < -0.39 is 47.9 Å². The van der Waals surface area contributed by atoms with E-state index in [1.54, 1.807) is 12.1 Å². The predicted octanol–water partition coefficient (Wildman–Crippen LogP) is 3.17. The van der Waals surface area contributed by atoms with E-state index in [-0.39, 0.29) is 5.39 Å². The van der Waals surface area contributed by atoms with Gasteiger partial charge in [-0.1, -0.05) is 23.7 Å². The number of amides is 2. The Morgan fingerprint density at radius 2 is 1.90 bits per heavy atom. The van der Waals surface area contributed by atoms with Crippen molar-refractivity contribution in [3.05, 3.63) is 69.7 Å². The van der Waals surface area contributed by atoms with Crippen LogP contribution in [-0.4, -0.2) is 39.9 Å². The van der Waals surface area contributed by atoms with E-state index in [2.05, 4.69) is 10.3 Å². The molecule has 0 bridgehead atoms. The molecule has 0 spiro atoms. The van der Waals surface area contributed by atoms with Crippen LogP contribution in [0.2, 0.25) is 5.02 Å². The summed E-state index contributed by atoms with van der Waals surface area (Å²) in [6.45, 7) is -0.913. The first-order valence-electron chi connectivity index (χ1n) is 8.91. The number of likely N-dealkylation sites (N-methyl/N-ethyl adjacent to an activating group) is 1. The van der Waals surface area contributed by atoms with E-state index in [0.717, 1.165) is 21.6 Å². The molecule has 31 heavy (non-hydrogen) atoms. The Morgan fingerprint density at radius 3 is 2.61 bits per heavy atom. The molecular formula is C20H16ClF3N4O3. The highest BCUT2D eigenvalue weighted by molar-refractivity contribution is 6.31. The van der Waals surface area contributed by atoms with Crippen LogP contribution in [0.5, 0.6) is 0 Å². The average molecular weight is 453 g/mol. The maximum absolute atomic E-state index is 13.0. The number of hydrogen-bond acceptors (Lipinski definition) is 4. The van der Waals surface area contributed by atoms with Gasteiger partial charge in [0.2, 0.25) is 11.8 Å². The summed E-state index contributed by atoms with van der Waals surface area (Å²) in [4.78, 5) is 42.2. The van der Waals surface area contributed by atoms with Crippen molar-refractivity contribution in [2.24, 2.45) is 0 Å². The Balaban J connectivity index is 1.69. The molecule has 2 aromatic carbocycles. The first kappa shape index (κ1) is 22.3. The average Bonchev–Trinajstić information content (AvgIpc) is 2.70. The molecule has 0 atom stereocenters. The van der Waals surface area contributed by atoms with Crippen LogP contribution >= 0.6 is 11.6 Å². The third kappa shape index (κ3) is 5.21. The number of benzene rings is 2. The molecule has 0 aliphatic heterocycles. The minimum Gasteiger partial charge on any atom is -0.335 e. The maximum atomic E-state index is 13.0. The van der Waals surface area contributed by atoms with Crippen molar-refractivity contribution in [1.29, 1.82) is 0 Å². The first-order chi connectivity index (χ1) is 14.6. The van der Waals surface area contributed by atoms with Gasteiger partial charge in [-0.05, 0) is 30.3 Å². The number of para-hydroxylation sites is 1. The molecular weight excluding hydrogens is 437 g/mol. The largest absolute Gasteiger partial charge is 0.418 e. The summed E-state index contributed by atoms with van der Waals surface area (Å²) in [5.74, 6) is -1.42. The van der Waals surface area contributed by atoms with Gasteiger partial charge in [0.25, 0.3) is 5.56 Å². The van der Waals surface area contributed by atoms with E-state index in [0.29, 0.717) is 10.5 Å². The summed E-state index contributed by atoms with van der Waals surface area (Å²) < 4.78 is 40.2. The molecule has 3 rings (SSSR count). The van der Waals surface area contributed by atoms with Gasteiger partial charge in [0, 0.05) is 12.1 Å². The summed E-state index contributed by atoms with van der Waals surface area (Å²) in [5.41, 5.74) is -1.48. The Hall–Kier alpha value is -3.40. The molecule has 0 radical (unpaired) electrons. The molecule has 0 fully saturated rings. The minimum atomic E-state index is -4.64. The van der Waals surface area contributed by atoms with Gasteiger partial charge >= 0.3 is 6.18 Å². The lowest BCUT2D eigenvalue weighted by Gasteiger charge is -2.19. The van der Waals surface area contributed by atoms with E-state index in [1.807, 2.05) is 0 Å². The zero-order chi connectivity index (χ0) is 22.8. The third-order valence-corrected chi connectivity index (χ3v) is 4.64. The number of carbonyl (C=O) groups excluding carboxylic acids is 2. The number of fused-ring (bicyclic) bond motifs is 1. The van der Waals surface area contributed by atoms with Crippen LogP contribution in [0.3, 0.4) is 0 Å². The molecule has 0 saturated heterocycles. The first-order valence-corrected chi connectivity index (χ1v) is 9.29. The number of nitrogens with zero attached hydrogens (tertiary/aromatic N) is 3. The molecule has 0 aliphatic rings. The highest BCUT2D eigenvalue weighted by Crippen LogP contribution is 2.34. The number of hydrogen-bond donors (Lipinski definition) is 1. The van der Waals surface area contributed by atoms with Crippen LogP contribution in [0.15, 0.2) is 53.6 Å². The van der Waals surface area contributed by atoms with Crippen molar-refractivity contribution in [3.8, 4) is 0 Å². The van der Waals surface area contributed by atoms with Gasteiger partial charge in [-0.25, -0.2) is 4.98 Å². The normalized spacial score (nSPS) is 11.4. The summed E-state index contributed by atoms with van der Waals surface area (Å²) in [7, 11) is 1.30. The lowest BCUT2D eigenvalue weighted by atomic mass is 10.1. The smallest absolute Gasteiger partial charge is 0.335 e. The van der Waals surface area contributed by atoms with E-state index >= 15 is 0 Å². The zero-order valence-electron chi connectivity index (χ0n) is 16.1. The minimum absolute atomic E-state index is 0.229. The quantitative estimate of drug-likeness (QED) is 0.644. The Bertz CT molecular complexity index is 1210. The summed E-state index contributed by atoms with van der Waals surface area (Å²) >= 11 is 5.90. The van der Waals surface area contributed by atoms with Crippen LogP contribution in [0.4, 0.5) is 18.9 Å². The molecule has 1 N–H and O–H groups in total. The number of anilines is 1. The van der Waals surface area contributed by atoms with Crippen molar-refractivity contribution in [3.63, 3.8) is 0 Å². The second-order valence-electron chi connectivity index (χ2n) is 6.68. The molecule has 0 aliphatic carbocycles. The van der Waals surface area contributed by atoms with Crippen molar-refractivity contribution in [2.75, 3.05) is 18.9 Å². The fraction of sp³-hybridized carbons (Fsp3) is 0.200. The lowest BCUT2D eigenvalue weighted by Crippen LogP contribution is -2.38. The fourth-order valence-electron chi connectivity index (χ4n) is 2.84. The standard InChI is InChI=1S/C20H16ClF3N4O3/c1-27(9-17(29)26-16-5-3-2-4-14(16)20(22,23)24)18(30)10-28-11-25-15-7-6-12(21)8-13(15)19(28)31/h2-8,11H,9-10H2,1H3,(H,26,29). The van der Waals surface area contributed by atoms with Crippen LogP contribution in [0.25, 0.3) is 10.9 Å². The van der Waals surface area contributed by atoms with Gasteiger partial charge in [0.1, 0.15) is 6.54 Å². The van der Waals surface area contributed by atoms with E-state index in [4.69, 9.17) is 11.6 Å². The van der Waals surface area contributed by atoms with E-state index in [1.165, 1.54) is 31.6 Å². The number of halogens is 4. The predicted molar refractivity (Wildman–Crippen MR) is 109 cm³/mol. The molecule has 3 aromatic rings. The van der Waals surface area contributed by atoms with Crippen LogP contribution in [0.1, 0.15) is 5.56 Å². The van der Waals surface area contributed by atoms with Crippen LogP contribution < -0.4 is 10.9 Å². The van der Waals surface area contributed by atoms with Gasteiger partial charge in [-0.15, -0.1) is 0 Å². The Kier molecular flexibility index (Phi) is 6.30. The molecule has 0 unspecified atom stereocenters. The highest BCUT2D eigenvalue weighted by atomic mass is 35.5. The SMILES string of the molecule is CN(CC(=O)Nc1ccccc1C(F)(F)F)C(=O)Cn1cnc2ccc(Cl)cc2c1=O. The number of alkyl halides is 3. The van der Waals surface area contributed by atoms with Gasteiger partial charge in [-0.3, -0.25) is 19.0 Å². The van der Waals surface area contributed by atoms with Gasteiger partial charge in [0.05, 0.1) is 35.0 Å². The highest BCUT2D eigenvalue weighted by Gasteiger charge is 2.33. The number of carbonyl (C=O) groups is 2. The lowest BCUT2D eigenvalue weighted by molar-refractivity contribution is -0.137. The van der Waals surface area contributed by atoms with Crippen molar-refractivity contribution in [1.82, 2.24) is 14.5 Å². The molecule has 1 aromatic heterocycles. The van der Waals surface area contributed by atoms with Crippen LogP contribution in [0, 0.1) is 0 Å². The summed E-state index contributed by atoms with van der Waals surface area (Å²) in [6.07, 6.45) is -3.44. The monoisotopic (exact) mass is 452 g/mol. The molecule has 1 heterocycles. The molecule has 162 valence electrons. The van der Waals surface area contributed by atoms with Crippen molar-refractivity contribution >= 4 is 40.0 Å². The number of rotatable bonds is 5. The maximum Gasteiger partial charge on any atom is 0.418 e. The molecule has 11 heteroatoms. The van der Waals surface area contributed by atoms with E-state index in [9.17, 15) is 27.6 Å². The van der Waals surface area contributed by atoms with Crippen molar-refractivity contribution in [2.45, 2.75) is 12.7 Å².